The Balaban J connectivity index is 3.34. The van der Waals surface area contributed by atoms with Crippen LogP contribution in [-0.2, 0) is 4.74 Å². The Labute approximate surface area is 75.1 Å². The number of rotatable bonds is 8. The molecule has 0 aromatic rings. The molecule has 12 heavy (non-hydrogen) atoms. The molecule has 0 fully saturated rings. The van der Waals surface area contributed by atoms with Gasteiger partial charge in [0.05, 0.1) is 13.2 Å². The lowest BCUT2D eigenvalue weighted by molar-refractivity contribution is 0.121. The van der Waals surface area contributed by atoms with Crippen LogP contribution in [0.25, 0.3) is 0 Å². The molecule has 1 atom stereocenters. The van der Waals surface area contributed by atoms with Crippen LogP contribution in [0.5, 0.6) is 0 Å². The molecule has 72 valence electrons. The second-order valence-corrected chi connectivity index (χ2v) is 2.59. The topological polar surface area (TPSA) is 41.5 Å². The van der Waals surface area contributed by atoms with Gasteiger partial charge in [0.1, 0.15) is 0 Å². The third-order valence-electron chi connectivity index (χ3n) is 1.45. The monoisotopic (exact) mass is 173 g/mol. The van der Waals surface area contributed by atoms with Gasteiger partial charge in [-0.2, -0.15) is 0 Å². The summed E-state index contributed by atoms with van der Waals surface area (Å²) in [6, 6.07) is 0.201. The average molecular weight is 173 g/mol. The Morgan fingerprint density at radius 1 is 1.50 bits per heavy atom. The summed E-state index contributed by atoms with van der Waals surface area (Å²) in [7, 11) is 0. The molecule has 0 aromatic heterocycles. The largest absolute Gasteiger partial charge is 0.394 e. The molecule has 0 rings (SSSR count). The van der Waals surface area contributed by atoms with E-state index in [-0.39, 0.29) is 12.6 Å². The number of ether oxygens (including phenoxy) is 1. The van der Waals surface area contributed by atoms with Gasteiger partial charge in [0, 0.05) is 6.04 Å². The molecule has 3 heteroatoms. The van der Waals surface area contributed by atoms with Crippen molar-refractivity contribution in [1.82, 2.24) is 5.32 Å². The van der Waals surface area contributed by atoms with Gasteiger partial charge < -0.3 is 15.2 Å². The first-order valence-electron chi connectivity index (χ1n) is 4.56. The third kappa shape index (κ3) is 6.58. The van der Waals surface area contributed by atoms with E-state index in [1.807, 2.05) is 0 Å². The number of hydrogen-bond acceptors (Lipinski definition) is 3. The molecule has 2 radical (unpaired) electrons. The molecule has 0 aromatic carbocycles. The Morgan fingerprint density at radius 2 is 2.25 bits per heavy atom. The summed E-state index contributed by atoms with van der Waals surface area (Å²) in [5.74, 6) is 0. The van der Waals surface area contributed by atoms with Gasteiger partial charge in [0.15, 0.2) is 6.61 Å². The van der Waals surface area contributed by atoms with Crippen LogP contribution in [0, 0.1) is 6.61 Å². The van der Waals surface area contributed by atoms with Crippen LogP contribution in [0.1, 0.15) is 26.7 Å². The molecule has 0 saturated carbocycles. The van der Waals surface area contributed by atoms with E-state index < -0.39 is 0 Å². The van der Waals surface area contributed by atoms with E-state index in [0.29, 0.717) is 6.61 Å². The summed E-state index contributed by atoms with van der Waals surface area (Å²) in [5, 5.41) is 11.7. The van der Waals surface area contributed by atoms with Crippen LogP contribution in [0.3, 0.4) is 0 Å². The molecule has 0 saturated heterocycles. The van der Waals surface area contributed by atoms with Crippen LogP contribution in [-0.4, -0.2) is 30.9 Å². The van der Waals surface area contributed by atoms with Gasteiger partial charge in [-0.15, -0.1) is 0 Å². The van der Waals surface area contributed by atoms with E-state index in [2.05, 4.69) is 25.8 Å². The number of likely N-dealkylation sites (N-methyl/N-ethyl adjacent to an activating group) is 1. The Hall–Kier alpha value is -0.120. The third-order valence-corrected chi connectivity index (χ3v) is 1.45. The number of aliphatic hydroxyl groups is 1. The van der Waals surface area contributed by atoms with Gasteiger partial charge in [0.2, 0.25) is 0 Å². The SMILES string of the molecule is CCCC([C]OCCO)NCC. The Bertz CT molecular complexity index is 82.6. The van der Waals surface area contributed by atoms with Crippen LogP contribution in [0.4, 0.5) is 0 Å². The predicted molar refractivity (Wildman–Crippen MR) is 48.7 cm³/mol. The molecule has 0 bridgehead atoms. The van der Waals surface area contributed by atoms with E-state index in [1.54, 1.807) is 0 Å². The zero-order valence-electron chi connectivity index (χ0n) is 7.97. The lowest BCUT2D eigenvalue weighted by Crippen LogP contribution is -2.30. The summed E-state index contributed by atoms with van der Waals surface area (Å²) in [6.07, 6.45) is 2.13. The van der Waals surface area contributed by atoms with Crippen molar-refractivity contribution in [1.29, 1.82) is 0 Å². The smallest absolute Gasteiger partial charge is 0.150 e. The fraction of sp³-hybridized carbons (Fsp3) is 0.889. The molecular formula is C9H19NO2. The van der Waals surface area contributed by atoms with Crippen LogP contribution < -0.4 is 5.32 Å². The summed E-state index contributed by atoms with van der Waals surface area (Å²) < 4.78 is 4.99. The minimum Gasteiger partial charge on any atom is -0.394 e. The summed E-state index contributed by atoms with van der Waals surface area (Å²) in [5.41, 5.74) is 0. The summed E-state index contributed by atoms with van der Waals surface area (Å²) in [6.45, 7) is 8.34. The predicted octanol–water partition coefficient (Wildman–Crippen LogP) is 0.812. The lowest BCUT2D eigenvalue weighted by atomic mass is 10.2. The highest BCUT2D eigenvalue weighted by Crippen LogP contribution is 2.00. The Kier molecular flexibility index (Phi) is 8.88. The van der Waals surface area contributed by atoms with Crippen molar-refractivity contribution in [3.63, 3.8) is 0 Å². The van der Waals surface area contributed by atoms with Crippen molar-refractivity contribution in [3.8, 4) is 0 Å². The van der Waals surface area contributed by atoms with Gasteiger partial charge in [-0.1, -0.05) is 20.3 Å². The van der Waals surface area contributed by atoms with Crippen LogP contribution in [0.2, 0.25) is 0 Å². The molecule has 1 unspecified atom stereocenters. The van der Waals surface area contributed by atoms with Crippen molar-refractivity contribution in [3.05, 3.63) is 6.61 Å². The first kappa shape index (κ1) is 11.9. The van der Waals surface area contributed by atoms with Crippen molar-refractivity contribution >= 4 is 0 Å². The second-order valence-electron chi connectivity index (χ2n) is 2.59. The Morgan fingerprint density at radius 3 is 2.75 bits per heavy atom. The molecule has 3 nitrogen and oxygen atoms in total. The van der Waals surface area contributed by atoms with Crippen molar-refractivity contribution < 1.29 is 9.84 Å². The minimum absolute atomic E-state index is 0.0535. The van der Waals surface area contributed by atoms with E-state index >= 15 is 0 Å². The van der Waals surface area contributed by atoms with E-state index in [1.165, 1.54) is 0 Å². The van der Waals surface area contributed by atoms with E-state index in [9.17, 15) is 0 Å². The number of nitrogens with one attached hydrogen (secondary N) is 1. The number of hydrogen-bond donors (Lipinski definition) is 2. The molecule has 0 aliphatic rings. The fourth-order valence-electron chi connectivity index (χ4n) is 0.943. The van der Waals surface area contributed by atoms with Gasteiger partial charge in [-0.25, -0.2) is 0 Å². The van der Waals surface area contributed by atoms with Crippen molar-refractivity contribution in [2.75, 3.05) is 19.8 Å². The van der Waals surface area contributed by atoms with Gasteiger partial charge in [-0.3, -0.25) is 0 Å². The van der Waals surface area contributed by atoms with E-state index in [0.717, 1.165) is 19.4 Å². The maximum absolute atomic E-state index is 8.45. The lowest BCUT2D eigenvalue weighted by Gasteiger charge is -2.14. The minimum atomic E-state index is 0.0535. The van der Waals surface area contributed by atoms with Gasteiger partial charge >= 0.3 is 0 Å². The van der Waals surface area contributed by atoms with E-state index in [4.69, 9.17) is 9.84 Å². The molecular weight excluding hydrogens is 154 g/mol. The highest BCUT2D eigenvalue weighted by Gasteiger charge is 2.06. The average Bonchev–Trinajstić information content (AvgIpc) is 2.06. The van der Waals surface area contributed by atoms with Crippen molar-refractivity contribution in [2.45, 2.75) is 32.7 Å². The highest BCUT2D eigenvalue weighted by molar-refractivity contribution is 4.73. The standard InChI is InChI=1S/C9H19NO2/c1-3-5-9(10-4-2)8-12-7-6-11/h9-11H,3-7H2,1-2H3. The number of aliphatic hydroxyl groups excluding tert-OH is 1. The summed E-state index contributed by atoms with van der Waals surface area (Å²) >= 11 is 0. The first-order chi connectivity index (χ1) is 5.85. The molecule has 0 amide bonds. The molecule has 0 aliphatic heterocycles. The zero-order chi connectivity index (χ0) is 9.23. The van der Waals surface area contributed by atoms with Gasteiger partial charge in [0.25, 0.3) is 0 Å². The fourth-order valence-corrected chi connectivity index (χ4v) is 0.943. The maximum Gasteiger partial charge on any atom is 0.150 e. The quantitative estimate of drug-likeness (QED) is 0.534. The molecule has 0 heterocycles. The molecule has 2 N–H and O–H groups in total. The maximum atomic E-state index is 8.45. The molecule has 0 spiro atoms. The highest BCUT2D eigenvalue weighted by atomic mass is 16.5. The second kappa shape index (κ2) is 8.97. The molecule has 0 aliphatic carbocycles. The first-order valence-corrected chi connectivity index (χ1v) is 4.56. The van der Waals surface area contributed by atoms with Crippen LogP contribution in [0.15, 0.2) is 0 Å². The van der Waals surface area contributed by atoms with Crippen LogP contribution >= 0.6 is 0 Å². The van der Waals surface area contributed by atoms with Crippen molar-refractivity contribution in [2.24, 2.45) is 0 Å². The summed E-state index contributed by atoms with van der Waals surface area (Å²) in [4.78, 5) is 0. The normalized spacial score (nSPS) is 13.2. The van der Waals surface area contributed by atoms with Gasteiger partial charge in [-0.05, 0) is 13.0 Å². The zero-order valence-corrected chi connectivity index (χ0v) is 7.97.